The molecule has 11 heavy (non-hydrogen) atoms. The predicted octanol–water partition coefficient (Wildman–Crippen LogP) is 4.49. The predicted molar refractivity (Wildman–Crippen MR) is 46.0 cm³/mol. The number of hydrogen-bond donors (Lipinski definition) is 0. The maximum absolute atomic E-state index is 11.0. The molecule has 0 aromatic rings. The van der Waals surface area contributed by atoms with Gasteiger partial charge in [0, 0.05) is 0 Å². The Labute approximate surface area is 90.1 Å². The van der Waals surface area contributed by atoms with Gasteiger partial charge in [0.2, 0.25) is 0 Å². The average Bonchev–Trinajstić information content (AvgIpc) is 1.59. The van der Waals surface area contributed by atoms with Crippen molar-refractivity contribution in [3.63, 3.8) is 0 Å². The molecule has 0 saturated heterocycles. The Morgan fingerprint density at radius 1 is 1.00 bits per heavy atom. The van der Waals surface area contributed by atoms with E-state index >= 15 is 0 Å². The Balaban J connectivity index is 0. The molecule has 0 rings (SSSR count). The molecule has 0 fully saturated rings. The highest BCUT2D eigenvalue weighted by Gasteiger charge is 2.35. The van der Waals surface area contributed by atoms with Crippen LogP contribution in [-0.4, -0.2) is 14.8 Å². The van der Waals surface area contributed by atoms with Crippen molar-refractivity contribution in [1.82, 2.24) is 0 Å². The second kappa shape index (κ2) is 6.89. The van der Waals surface area contributed by atoms with Crippen molar-refractivity contribution >= 4 is 62.3 Å². The molecule has 1 atom stereocenters. The first-order chi connectivity index (χ1) is 4.68. The second-order valence-electron chi connectivity index (χ2n) is 1.09. The van der Waals surface area contributed by atoms with Crippen molar-refractivity contribution < 1.29 is 13.2 Å². The van der Waals surface area contributed by atoms with E-state index in [0.717, 1.165) is 0 Å². The van der Waals surface area contributed by atoms with Crippen molar-refractivity contribution in [2.75, 3.05) is 0 Å². The van der Waals surface area contributed by atoms with Crippen molar-refractivity contribution in [2.45, 2.75) is 14.8 Å². The first-order valence-corrected chi connectivity index (χ1v) is 4.61. The van der Waals surface area contributed by atoms with Crippen LogP contribution in [0.5, 0.6) is 0 Å². The van der Waals surface area contributed by atoms with Crippen LogP contribution in [0.15, 0.2) is 0 Å². The SMILES string of the molecule is ClC(Cl)Cl.FC(F)(F)C(Cl)Br. The highest BCUT2D eigenvalue weighted by molar-refractivity contribution is 9.10. The van der Waals surface area contributed by atoms with Gasteiger partial charge < -0.3 is 0 Å². The van der Waals surface area contributed by atoms with Gasteiger partial charge >= 0.3 is 6.18 Å². The summed E-state index contributed by atoms with van der Waals surface area (Å²) in [5, 5.41) is 0. The third kappa shape index (κ3) is 18.4. The zero-order valence-electron chi connectivity index (χ0n) is 4.68. The molecule has 0 saturated carbocycles. The van der Waals surface area contributed by atoms with Crippen LogP contribution in [-0.2, 0) is 0 Å². The molecule has 0 aliphatic heterocycles. The molecule has 0 amide bonds. The van der Waals surface area contributed by atoms with Crippen LogP contribution in [0, 0.1) is 0 Å². The van der Waals surface area contributed by atoms with Gasteiger partial charge in [-0.15, -0.1) is 11.6 Å². The highest BCUT2D eigenvalue weighted by Crippen LogP contribution is 2.28. The van der Waals surface area contributed by atoms with E-state index in [-0.39, 0.29) is 0 Å². The van der Waals surface area contributed by atoms with Gasteiger partial charge in [-0.25, -0.2) is 0 Å². The zero-order valence-corrected chi connectivity index (χ0v) is 9.29. The lowest BCUT2D eigenvalue weighted by atomic mass is 10.8. The summed E-state index contributed by atoms with van der Waals surface area (Å²) in [5.74, 6) is 0. The van der Waals surface area contributed by atoms with E-state index in [4.69, 9.17) is 34.8 Å². The molecule has 0 aliphatic rings. The molecule has 0 spiro atoms. The highest BCUT2D eigenvalue weighted by atomic mass is 79.9. The van der Waals surface area contributed by atoms with Gasteiger partial charge in [-0.05, 0) is 0 Å². The Kier molecular flexibility index (Phi) is 9.36. The summed E-state index contributed by atoms with van der Waals surface area (Å²) < 4.78 is 30.3. The fourth-order valence-electron chi connectivity index (χ4n) is 0. The first kappa shape index (κ1) is 14.9. The summed E-state index contributed by atoms with van der Waals surface area (Å²) in [4.78, 5) is 0. The van der Waals surface area contributed by atoms with Crippen LogP contribution < -0.4 is 0 Å². The Bertz CT molecular complexity index is 90.3. The molecule has 0 nitrogen and oxygen atoms in total. The summed E-state index contributed by atoms with van der Waals surface area (Å²) >= 11 is 21.1. The van der Waals surface area contributed by atoms with E-state index in [1.807, 2.05) is 0 Å². The van der Waals surface area contributed by atoms with Gasteiger partial charge in [0.15, 0.2) is 8.58 Å². The third-order valence-electron chi connectivity index (χ3n) is 0.247. The number of hydrogen-bond acceptors (Lipinski definition) is 0. The molecule has 0 radical (unpaired) electrons. The fraction of sp³-hybridized carbons (Fsp3) is 1.00. The molecule has 0 aromatic heterocycles. The summed E-state index contributed by atoms with van der Waals surface area (Å²) in [7, 11) is 0. The smallest absolute Gasteiger partial charge is 0.168 e. The number of halogens is 8. The molecule has 0 aromatic carbocycles. The van der Waals surface area contributed by atoms with Crippen LogP contribution in [0.2, 0.25) is 0 Å². The first-order valence-electron chi connectivity index (χ1n) is 1.95. The van der Waals surface area contributed by atoms with Gasteiger partial charge in [-0.1, -0.05) is 50.7 Å². The van der Waals surface area contributed by atoms with Crippen LogP contribution in [0.1, 0.15) is 0 Å². The molecule has 70 valence electrons. The van der Waals surface area contributed by atoms with Gasteiger partial charge in [0.25, 0.3) is 0 Å². The largest absolute Gasteiger partial charge is 0.414 e. The van der Waals surface area contributed by atoms with E-state index in [9.17, 15) is 13.2 Å². The summed E-state index contributed by atoms with van der Waals surface area (Å²) in [6, 6.07) is 0. The standard InChI is InChI=1S/C2HBrClF3.CHCl3/c3-1(4)2(5,6)7;2-1(3)4/h1H;1H. The topological polar surface area (TPSA) is 0 Å². The molecule has 0 bridgehead atoms. The Morgan fingerprint density at radius 3 is 1.09 bits per heavy atom. The summed E-state index contributed by atoms with van der Waals surface area (Å²) in [6.45, 7) is 0. The number of alkyl halides is 8. The van der Waals surface area contributed by atoms with Gasteiger partial charge in [0.05, 0.1) is 0 Å². The molecule has 0 N–H and O–H groups in total. The van der Waals surface area contributed by atoms with Crippen molar-refractivity contribution in [3.8, 4) is 0 Å². The maximum atomic E-state index is 11.0. The summed E-state index contributed by atoms with van der Waals surface area (Å²) in [6.07, 6.45) is -4.32. The normalized spacial score (nSPS) is 13.9. The monoisotopic (exact) mass is 314 g/mol. The minimum Gasteiger partial charge on any atom is -0.168 e. The lowest BCUT2D eigenvalue weighted by molar-refractivity contribution is -0.112. The van der Waals surface area contributed by atoms with Crippen LogP contribution in [0.3, 0.4) is 0 Å². The van der Waals surface area contributed by atoms with Crippen LogP contribution >= 0.6 is 62.3 Å². The van der Waals surface area contributed by atoms with Gasteiger partial charge in [0.1, 0.15) is 0 Å². The molecule has 8 heteroatoms. The van der Waals surface area contributed by atoms with Crippen molar-refractivity contribution in [3.05, 3.63) is 0 Å². The average molecular weight is 317 g/mol. The van der Waals surface area contributed by atoms with E-state index < -0.39 is 14.8 Å². The van der Waals surface area contributed by atoms with Crippen LogP contribution in [0.25, 0.3) is 0 Å². The van der Waals surface area contributed by atoms with E-state index in [1.54, 1.807) is 0 Å². The molecular formula is C3H2BrCl4F3. The molecule has 1 unspecified atom stereocenters. The van der Waals surface area contributed by atoms with Crippen LogP contribution in [0.4, 0.5) is 13.2 Å². The van der Waals surface area contributed by atoms with Crippen molar-refractivity contribution in [2.24, 2.45) is 0 Å². The van der Waals surface area contributed by atoms with Crippen molar-refractivity contribution in [1.29, 1.82) is 0 Å². The summed E-state index contributed by atoms with van der Waals surface area (Å²) in [5.41, 5.74) is 0. The molecule has 0 heterocycles. The van der Waals surface area contributed by atoms with Gasteiger partial charge in [-0.3, -0.25) is 0 Å². The lowest BCUT2D eigenvalue weighted by Gasteiger charge is -2.03. The van der Waals surface area contributed by atoms with E-state index in [1.165, 1.54) is 0 Å². The molecule has 0 aliphatic carbocycles. The minimum atomic E-state index is -4.32. The van der Waals surface area contributed by atoms with E-state index in [0.29, 0.717) is 0 Å². The zero-order chi connectivity index (χ0) is 9.65. The van der Waals surface area contributed by atoms with Gasteiger partial charge in [-0.2, -0.15) is 13.2 Å². The van der Waals surface area contributed by atoms with E-state index in [2.05, 4.69) is 27.5 Å². The quantitative estimate of drug-likeness (QED) is 0.577. The Morgan fingerprint density at radius 2 is 1.09 bits per heavy atom. The maximum Gasteiger partial charge on any atom is 0.414 e. The second-order valence-corrected chi connectivity index (χ2v) is 4.95. The third-order valence-corrected chi connectivity index (χ3v) is 1.01. The molecular weight excluding hydrogens is 315 g/mol. The Hall–Kier alpha value is 1.43. The fourth-order valence-corrected chi connectivity index (χ4v) is 0. The minimum absolute atomic E-state index is 0.750. The lowest BCUT2D eigenvalue weighted by Crippen LogP contribution is -2.16. The number of rotatable bonds is 0.